The molecule has 23 heavy (non-hydrogen) atoms. The SMILES string of the molecule is CC/C=C\CC(=O)Oc1cc(C(F)(F)F)ccc1C(=O)OCC. The van der Waals surface area contributed by atoms with Gasteiger partial charge in [-0.15, -0.1) is 0 Å². The number of hydrogen-bond donors (Lipinski definition) is 0. The molecule has 0 aliphatic carbocycles. The Kier molecular flexibility index (Phi) is 6.81. The molecule has 0 bridgehead atoms. The minimum absolute atomic E-state index is 0.0481. The van der Waals surface area contributed by atoms with E-state index in [9.17, 15) is 22.8 Å². The van der Waals surface area contributed by atoms with E-state index in [-0.39, 0.29) is 18.6 Å². The molecule has 0 heterocycles. The maximum atomic E-state index is 12.8. The van der Waals surface area contributed by atoms with Gasteiger partial charge in [0.2, 0.25) is 0 Å². The van der Waals surface area contributed by atoms with Crippen molar-refractivity contribution in [2.75, 3.05) is 6.61 Å². The third-order valence-electron chi connectivity index (χ3n) is 2.71. The molecule has 0 N–H and O–H groups in total. The van der Waals surface area contributed by atoms with Crippen LogP contribution in [0.2, 0.25) is 0 Å². The fourth-order valence-electron chi connectivity index (χ4n) is 1.67. The normalized spacial score (nSPS) is 11.5. The molecule has 0 saturated carbocycles. The fraction of sp³-hybridized carbons (Fsp3) is 0.375. The molecule has 0 aliphatic heterocycles. The van der Waals surface area contributed by atoms with Crippen molar-refractivity contribution in [3.63, 3.8) is 0 Å². The van der Waals surface area contributed by atoms with Crippen LogP contribution in [0.3, 0.4) is 0 Å². The van der Waals surface area contributed by atoms with E-state index in [1.54, 1.807) is 19.1 Å². The summed E-state index contributed by atoms with van der Waals surface area (Å²) in [5, 5.41) is 0. The van der Waals surface area contributed by atoms with Crippen LogP contribution in [0.25, 0.3) is 0 Å². The predicted molar refractivity (Wildman–Crippen MR) is 77.1 cm³/mol. The Morgan fingerprint density at radius 3 is 2.43 bits per heavy atom. The van der Waals surface area contributed by atoms with Crippen LogP contribution in [-0.2, 0) is 15.7 Å². The molecule has 1 aromatic rings. The van der Waals surface area contributed by atoms with Crippen LogP contribution >= 0.6 is 0 Å². The topological polar surface area (TPSA) is 52.6 Å². The van der Waals surface area contributed by atoms with Crippen molar-refractivity contribution in [2.24, 2.45) is 0 Å². The van der Waals surface area contributed by atoms with Gasteiger partial charge in [-0.25, -0.2) is 4.79 Å². The Morgan fingerprint density at radius 2 is 1.87 bits per heavy atom. The summed E-state index contributed by atoms with van der Waals surface area (Å²) in [4.78, 5) is 23.4. The zero-order valence-corrected chi connectivity index (χ0v) is 12.8. The predicted octanol–water partition coefficient (Wildman–Crippen LogP) is 4.14. The lowest BCUT2D eigenvalue weighted by Gasteiger charge is -2.12. The zero-order chi connectivity index (χ0) is 17.5. The van der Waals surface area contributed by atoms with E-state index in [4.69, 9.17) is 9.47 Å². The number of carbonyl (C=O) groups is 2. The first-order valence-corrected chi connectivity index (χ1v) is 7.03. The number of benzene rings is 1. The molecule has 126 valence electrons. The third-order valence-corrected chi connectivity index (χ3v) is 2.71. The van der Waals surface area contributed by atoms with Crippen LogP contribution in [0.15, 0.2) is 30.4 Å². The highest BCUT2D eigenvalue weighted by Crippen LogP contribution is 2.33. The van der Waals surface area contributed by atoms with Gasteiger partial charge < -0.3 is 9.47 Å². The second-order valence-corrected chi connectivity index (χ2v) is 4.49. The van der Waals surface area contributed by atoms with Gasteiger partial charge in [-0.2, -0.15) is 13.2 Å². The quantitative estimate of drug-likeness (QED) is 0.447. The molecule has 0 fully saturated rings. The first-order valence-electron chi connectivity index (χ1n) is 7.03. The van der Waals surface area contributed by atoms with Gasteiger partial charge in [-0.3, -0.25) is 4.79 Å². The average molecular weight is 330 g/mol. The number of allylic oxidation sites excluding steroid dienone is 1. The van der Waals surface area contributed by atoms with Gasteiger partial charge in [0.1, 0.15) is 11.3 Å². The highest BCUT2D eigenvalue weighted by molar-refractivity contribution is 5.93. The number of alkyl halides is 3. The zero-order valence-electron chi connectivity index (χ0n) is 12.8. The van der Waals surface area contributed by atoms with Crippen LogP contribution < -0.4 is 4.74 Å². The molecule has 0 amide bonds. The van der Waals surface area contributed by atoms with Crippen molar-refractivity contribution in [3.8, 4) is 5.75 Å². The van der Waals surface area contributed by atoms with Gasteiger partial charge in [0.25, 0.3) is 0 Å². The minimum atomic E-state index is -4.61. The van der Waals surface area contributed by atoms with Crippen molar-refractivity contribution in [3.05, 3.63) is 41.5 Å². The Balaban J connectivity index is 3.10. The third kappa shape index (κ3) is 5.77. The van der Waals surface area contributed by atoms with Crippen molar-refractivity contribution >= 4 is 11.9 Å². The largest absolute Gasteiger partial charge is 0.462 e. The van der Waals surface area contributed by atoms with Crippen LogP contribution in [0.1, 0.15) is 42.6 Å². The Labute approximate surface area is 131 Å². The van der Waals surface area contributed by atoms with Gasteiger partial charge in [-0.05, 0) is 31.5 Å². The first-order chi connectivity index (χ1) is 10.8. The number of halogens is 3. The summed E-state index contributed by atoms with van der Waals surface area (Å²) in [6, 6.07) is 2.29. The monoisotopic (exact) mass is 330 g/mol. The lowest BCUT2D eigenvalue weighted by atomic mass is 10.1. The van der Waals surface area contributed by atoms with E-state index in [1.165, 1.54) is 0 Å². The Hall–Kier alpha value is -2.31. The molecular weight excluding hydrogens is 313 g/mol. The molecule has 0 atom stereocenters. The number of ether oxygens (including phenoxy) is 2. The molecule has 0 unspecified atom stereocenters. The standard InChI is InChI=1S/C16H17F3O4/c1-3-5-6-7-14(20)23-13-10-11(16(17,18)19)8-9-12(13)15(21)22-4-2/h5-6,8-10H,3-4,7H2,1-2H3/b6-5-. The summed E-state index contributed by atoms with van der Waals surface area (Å²) in [5.74, 6) is -2.08. The van der Waals surface area contributed by atoms with Gasteiger partial charge in [0, 0.05) is 0 Å². The van der Waals surface area contributed by atoms with Crippen molar-refractivity contribution in [2.45, 2.75) is 32.9 Å². The number of carbonyl (C=O) groups excluding carboxylic acids is 2. The van der Waals surface area contributed by atoms with Crippen molar-refractivity contribution < 1.29 is 32.2 Å². The molecule has 0 aromatic heterocycles. The van der Waals surface area contributed by atoms with Crippen LogP contribution in [-0.4, -0.2) is 18.5 Å². The lowest BCUT2D eigenvalue weighted by molar-refractivity contribution is -0.138. The fourth-order valence-corrected chi connectivity index (χ4v) is 1.67. The lowest BCUT2D eigenvalue weighted by Crippen LogP contribution is -2.14. The van der Waals surface area contributed by atoms with E-state index in [0.29, 0.717) is 12.5 Å². The van der Waals surface area contributed by atoms with Gasteiger partial charge in [0.05, 0.1) is 18.6 Å². The highest BCUT2D eigenvalue weighted by atomic mass is 19.4. The van der Waals surface area contributed by atoms with Gasteiger partial charge >= 0.3 is 18.1 Å². The summed E-state index contributed by atoms with van der Waals surface area (Å²) < 4.78 is 48.0. The van der Waals surface area contributed by atoms with E-state index in [2.05, 4.69) is 0 Å². The van der Waals surface area contributed by atoms with Crippen LogP contribution in [0.5, 0.6) is 5.75 Å². The Morgan fingerprint density at radius 1 is 1.17 bits per heavy atom. The number of hydrogen-bond acceptors (Lipinski definition) is 4. The summed E-state index contributed by atoms with van der Waals surface area (Å²) in [6.07, 6.45) is -0.743. The molecule has 0 spiro atoms. The van der Waals surface area contributed by atoms with E-state index in [1.807, 2.05) is 6.92 Å². The highest BCUT2D eigenvalue weighted by Gasteiger charge is 2.32. The van der Waals surface area contributed by atoms with Crippen LogP contribution in [0.4, 0.5) is 13.2 Å². The molecular formula is C16H17F3O4. The summed E-state index contributed by atoms with van der Waals surface area (Å²) in [7, 11) is 0. The molecule has 0 radical (unpaired) electrons. The minimum Gasteiger partial charge on any atom is -0.462 e. The second kappa shape index (κ2) is 8.36. The van der Waals surface area contributed by atoms with Gasteiger partial charge in [0.15, 0.2) is 0 Å². The molecule has 0 aliphatic rings. The molecule has 7 heteroatoms. The smallest absolute Gasteiger partial charge is 0.416 e. The average Bonchev–Trinajstić information content (AvgIpc) is 2.46. The van der Waals surface area contributed by atoms with E-state index in [0.717, 1.165) is 12.1 Å². The second-order valence-electron chi connectivity index (χ2n) is 4.49. The maximum Gasteiger partial charge on any atom is 0.416 e. The van der Waals surface area contributed by atoms with Crippen LogP contribution in [0, 0.1) is 0 Å². The first kappa shape index (κ1) is 18.7. The summed E-state index contributed by atoms with van der Waals surface area (Å²) >= 11 is 0. The van der Waals surface area contributed by atoms with E-state index < -0.39 is 29.4 Å². The van der Waals surface area contributed by atoms with E-state index >= 15 is 0 Å². The summed E-state index contributed by atoms with van der Waals surface area (Å²) in [6.45, 7) is 3.48. The maximum absolute atomic E-state index is 12.8. The molecule has 4 nitrogen and oxygen atoms in total. The number of rotatable bonds is 6. The Bertz CT molecular complexity index is 591. The molecule has 1 rings (SSSR count). The number of esters is 2. The summed E-state index contributed by atoms with van der Waals surface area (Å²) in [5.41, 5.74) is -1.25. The molecule has 1 aromatic carbocycles. The molecule has 0 saturated heterocycles. The van der Waals surface area contributed by atoms with Gasteiger partial charge in [-0.1, -0.05) is 19.1 Å². The van der Waals surface area contributed by atoms with Crippen molar-refractivity contribution in [1.82, 2.24) is 0 Å². The van der Waals surface area contributed by atoms with Crippen molar-refractivity contribution in [1.29, 1.82) is 0 Å².